The van der Waals surface area contributed by atoms with Gasteiger partial charge in [-0.15, -0.1) is 11.3 Å². The number of carbonyl (C=O) groups is 4. The fourth-order valence-corrected chi connectivity index (χ4v) is 3.95. The van der Waals surface area contributed by atoms with Crippen molar-refractivity contribution in [1.29, 1.82) is 0 Å². The highest BCUT2D eigenvalue weighted by molar-refractivity contribution is 7.11. The van der Waals surface area contributed by atoms with Crippen LogP contribution in [-0.4, -0.2) is 83.6 Å². The van der Waals surface area contributed by atoms with E-state index >= 15 is 0 Å². The molecular formula is C19H30N10O4S. The highest BCUT2D eigenvalue weighted by Crippen LogP contribution is 2.13. The second kappa shape index (κ2) is 13.3. The third-order valence-electron chi connectivity index (χ3n) is 4.97. The predicted molar refractivity (Wildman–Crippen MR) is 127 cm³/mol. The van der Waals surface area contributed by atoms with Crippen molar-refractivity contribution in [3.8, 4) is 0 Å². The van der Waals surface area contributed by atoms with Gasteiger partial charge in [0.15, 0.2) is 5.01 Å². The lowest BCUT2D eigenvalue weighted by Gasteiger charge is -2.32. The smallest absolute Gasteiger partial charge is 0.246 e. The Morgan fingerprint density at radius 3 is 2.50 bits per heavy atom. The van der Waals surface area contributed by atoms with Crippen molar-refractivity contribution >= 4 is 47.5 Å². The van der Waals surface area contributed by atoms with Gasteiger partial charge in [-0.05, 0) is 25.7 Å². The number of nitrogens with two attached hydrogens (primary N) is 4. The van der Waals surface area contributed by atoms with E-state index in [4.69, 9.17) is 22.9 Å². The molecule has 1 saturated heterocycles. The van der Waals surface area contributed by atoms with Crippen molar-refractivity contribution < 1.29 is 19.2 Å². The van der Waals surface area contributed by atoms with E-state index in [1.165, 1.54) is 6.20 Å². The maximum Gasteiger partial charge on any atom is 0.246 e. The minimum absolute atomic E-state index is 0.180. The summed E-state index contributed by atoms with van der Waals surface area (Å²) in [5.74, 6) is -1.82. The summed E-state index contributed by atoms with van der Waals surface area (Å²) in [5, 5.41) is 7.09. The van der Waals surface area contributed by atoms with Crippen LogP contribution in [0.15, 0.2) is 21.6 Å². The molecule has 1 aromatic heterocycles. The molecule has 0 spiro atoms. The van der Waals surface area contributed by atoms with Gasteiger partial charge in [-0.1, -0.05) is 0 Å². The summed E-state index contributed by atoms with van der Waals surface area (Å²) in [7, 11) is 0. The second-order valence-corrected chi connectivity index (χ2v) is 8.42. The Morgan fingerprint density at radius 1 is 1.21 bits per heavy atom. The fourth-order valence-electron chi connectivity index (χ4n) is 3.32. The van der Waals surface area contributed by atoms with Crippen LogP contribution in [0.3, 0.4) is 0 Å². The van der Waals surface area contributed by atoms with E-state index in [1.54, 1.807) is 5.38 Å². The standard InChI is InChI=1S/C19H30N10O4S/c20-9-25-13(22)3-1-11(17(32)18-24-5-6-34-18)27-15(30)7-29-8-16(31)28-12(19(29)33)2-4-14(23)26-10-21/h5-6,9-14H,1-4,7-8,22-23H2,(H2,20,25)(H2,21,26)(H,27,30)(H,28,31)/t11-,12-,13?,14?/m0/s1. The van der Waals surface area contributed by atoms with Crippen LogP contribution in [-0.2, 0) is 14.4 Å². The van der Waals surface area contributed by atoms with Gasteiger partial charge in [-0.3, -0.25) is 29.2 Å². The van der Waals surface area contributed by atoms with Gasteiger partial charge in [0, 0.05) is 11.6 Å². The number of amides is 3. The number of carbonyl (C=O) groups excluding carboxylic acids is 4. The average molecular weight is 495 g/mol. The van der Waals surface area contributed by atoms with Gasteiger partial charge in [0.05, 0.1) is 31.1 Å². The van der Waals surface area contributed by atoms with Crippen LogP contribution >= 0.6 is 11.3 Å². The molecule has 0 aromatic carbocycles. The average Bonchev–Trinajstić information content (AvgIpc) is 3.32. The van der Waals surface area contributed by atoms with Crippen LogP contribution in [0.5, 0.6) is 0 Å². The zero-order chi connectivity index (χ0) is 25.1. The largest absolute Gasteiger partial charge is 0.390 e. The van der Waals surface area contributed by atoms with E-state index in [2.05, 4.69) is 25.6 Å². The van der Waals surface area contributed by atoms with Crippen LogP contribution in [0.2, 0.25) is 0 Å². The monoisotopic (exact) mass is 494 g/mol. The number of Topliss-reactive ketones (excluding diaryl/α,β-unsaturated/α-hetero) is 1. The van der Waals surface area contributed by atoms with Crippen molar-refractivity contribution in [2.45, 2.75) is 50.1 Å². The lowest BCUT2D eigenvalue weighted by atomic mass is 10.0. The quantitative estimate of drug-likeness (QED) is 0.0944. The minimum atomic E-state index is -0.936. The number of hydrogen-bond donors (Lipinski definition) is 6. The van der Waals surface area contributed by atoms with E-state index in [-0.39, 0.29) is 36.6 Å². The number of aliphatic imine (C=N–C) groups is 2. The van der Waals surface area contributed by atoms with E-state index in [1.807, 2.05) is 0 Å². The summed E-state index contributed by atoms with van der Waals surface area (Å²) in [6.45, 7) is -0.679. The molecule has 1 aliphatic heterocycles. The molecule has 10 N–H and O–H groups in total. The third-order valence-corrected chi connectivity index (χ3v) is 5.75. The summed E-state index contributed by atoms with van der Waals surface area (Å²) >= 11 is 1.14. The molecule has 14 nitrogen and oxygen atoms in total. The summed E-state index contributed by atoms with van der Waals surface area (Å²) in [6, 6.07) is -1.78. The molecule has 0 aliphatic carbocycles. The molecule has 186 valence electrons. The van der Waals surface area contributed by atoms with E-state index in [0.29, 0.717) is 6.42 Å². The normalized spacial score (nSPS) is 19.2. The van der Waals surface area contributed by atoms with Crippen LogP contribution in [0.4, 0.5) is 0 Å². The van der Waals surface area contributed by atoms with Gasteiger partial charge in [0.2, 0.25) is 23.5 Å². The van der Waals surface area contributed by atoms with Crippen LogP contribution in [0, 0.1) is 0 Å². The molecule has 1 aromatic rings. The lowest BCUT2D eigenvalue weighted by molar-refractivity contribution is -0.146. The van der Waals surface area contributed by atoms with Crippen LogP contribution < -0.4 is 33.6 Å². The van der Waals surface area contributed by atoms with Gasteiger partial charge >= 0.3 is 0 Å². The number of aromatic nitrogens is 1. The molecule has 3 amide bonds. The first-order valence-electron chi connectivity index (χ1n) is 10.5. The summed E-state index contributed by atoms with van der Waals surface area (Å²) < 4.78 is 0. The Bertz CT molecular complexity index is 907. The number of piperazine rings is 1. The minimum Gasteiger partial charge on any atom is -0.390 e. The first-order chi connectivity index (χ1) is 16.2. The number of ketones is 1. The first-order valence-corrected chi connectivity index (χ1v) is 11.4. The van der Waals surface area contributed by atoms with Crippen molar-refractivity contribution in [2.24, 2.45) is 32.9 Å². The van der Waals surface area contributed by atoms with E-state index < -0.39 is 48.7 Å². The number of rotatable bonds is 13. The zero-order valence-electron chi connectivity index (χ0n) is 18.5. The molecular weight excluding hydrogens is 464 g/mol. The highest BCUT2D eigenvalue weighted by Gasteiger charge is 2.34. The van der Waals surface area contributed by atoms with Gasteiger partial charge < -0.3 is 38.5 Å². The molecule has 0 saturated carbocycles. The molecule has 0 bridgehead atoms. The molecule has 34 heavy (non-hydrogen) atoms. The number of hydrogen-bond acceptors (Lipinski definition) is 10. The molecule has 1 aliphatic rings. The Labute approximate surface area is 200 Å². The van der Waals surface area contributed by atoms with Crippen molar-refractivity contribution in [3.05, 3.63) is 16.6 Å². The molecule has 1 fully saturated rings. The molecule has 4 atom stereocenters. The predicted octanol–water partition coefficient (Wildman–Crippen LogP) is -2.76. The Morgan fingerprint density at radius 2 is 1.88 bits per heavy atom. The third kappa shape index (κ3) is 8.17. The van der Waals surface area contributed by atoms with Crippen LogP contribution in [0.25, 0.3) is 0 Å². The fraction of sp³-hybridized carbons (Fsp3) is 0.526. The van der Waals surface area contributed by atoms with Crippen LogP contribution in [0.1, 0.15) is 35.5 Å². The zero-order valence-corrected chi connectivity index (χ0v) is 19.3. The molecule has 15 heteroatoms. The topological polar surface area (TPSA) is 237 Å². The first kappa shape index (κ1) is 26.8. The Kier molecular flexibility index (Phi) is 10.5. The maximum atomic E-state index is 12.8. The Hall–Kier alpha value is -3.43. The number of nitrogens with one attached hydrogen (secondary N) is 2. The lowest BCUT2D eigenvalue weighted by Crippen LogP contribution is -2.60. The van der Waals surface area contributed by atoms with E-state index in [0.717, 1.165) is 28.9 Å². The van der Waals surface area contributed by atoms with Gasteiger partial charge in [0.1, 0.15) is 19.1 Å². The maximum absolute atomic E-state index is 12.8. The van der Waals surface area contributed by atoms with E-state index in [9.17, 15) is 19.2 Å². The van der Waals surface area contributed by atoms with Crippen molar-refractivity contribution in [2.75, 3.05) is 13.1 Å². The number of thiazole rings is 1. The molecule has 0 radical (unpaired) electrons. The van der Waals surface area contributed by atoms with Gasteiger partial charge in [-0.2, -0.15) is 0 Å². The molecule has 2 rings (SSSR count). The van der Waals surface area contributed by atoms with Crippen molar-refractivity contribution in [1.82, 2.24) is 20.5 Å². The molecule has 2 heterocycles. The number of nitrogens with zero attached hydrogens (tertiary/aromatic N) is 4. The second-order valence-electron chi connectivity index (χ2n) is 7.52. The molecule has 2 unspecified atom stereocenters. The summed E-state index contributed by atoms with van der Waals surface area (Å²) in [4.78, 5) is 63.2. The van der Waals surface area contributed by atoms with Gasteiger partial charge in [-0.25, -0.2) is 4.98 Å². The highest BCUT2D eigenvalue weighted by atomic mass is 32.1. The Balaban J connectivity index is 2.02. The SMILES string of the molecule is N/C=N/C(N)CC[C@H](NC(=O)CN1CC(=O)N[C@@H](CCC(N)/N=C/N)C1=O)C(=O)c1nccs1. The summed E-state index contributed by atoms with van der Waals surface area (Å²) in [6.07, 6.45) is 3.36. The summed E-state index contributed by atoms with van der Waals surface area (Å²) in [5.41, 5.74) is 22.0. The van der Waals surface area contributed by atoms with Gasteiger partial charge in [0.25, 0.3) is 0 Å². The van der Waals surface area contributed by atoms with Crippen molar-refractivity contribution in [3.63, 3.8) is 0 Å².